The zero-order valence-corrected chi connectivity index (χ0v) is 10.3. The number of aliphatic hydroxyl groups excluding tert-OH is 1. The van der Waals surface area contributed by atoms with Crippen molar-refractivity contribution >= 4 is 5.69 Å². The van der Waals surface area contributed by atoms with E-state index in [0.717, 1.165) is 18.2 Å². The summed E-state index contributed by atoms with van der Waals surface area (Å²) in [6.45, 7) is 3.45. The third-order valence-electron chi connectivity index (χ3n) is 2.56. The second kappa shape index (κ2) is 5.96. The fourth-order valence-corrected chi connectivity index (χ4v) is 1.65. The highest BCUT2D eigenvalue weighted by Crippen LogP contribution is 2.21. The maximum Gasteiger partial charge on any atom is 0.247 e. The van der Waals surface area contributed by atoms with E-state index < -0.39 is 5.92 Å². The lowest BCUT2D eigenvalue weighted by atomic mass is 10.2. The van der Waals surface area contributed by atoms with E-state index in [0.29, 0.717) is 6.54 Å². The summed E-state index contributed by atoms with van der Waals surface area (Å²) in [5.41, 5.74) is 1.96. The largest absolute Gasteiger partial charge is 0.395 e. The molecular weight excluding hydrogens is 224 g/mol. The topological polar surface area (TPSA) is 23.5 Å². The van der Waals surface area contributed by atoms with Crippen molar-refractivity contribution in [1.82, 2.24) is 0 Å². The minimum Gasteiger partial charge on any atom is -0.395 e. The first kappa shape index (κ1) is 13.9. The van der Waals surface area contributed by atoms with Crippen molar-refractivity contribution < 1.29 is 13.9 Å². The molecular formula is C13H19F2NO. The molecule has 0 unspecified atom stereocenters. The summed E-state index contributed by atoms with van der Waals surface area (Å²) in [4.78, 5) is 1.78. The molecule has 0 aliphatic heterocycles. The number of benzene rings is 1. The lowest BCUT2D eigenvalue weighted by Gasteiger charge is -2.25. The van der Waals surface area contributed by atoms with E-state index >= 15 is 0 Å². The molecule has 1 aromatic carbocycles. The Hall–Kier alpha value is -1.16. The summed E-state index contributed by atoms with van der Waals surface area (Å²) in [5.74, 6) is -2.67. The van der Waals surface area contributed by atoms with Crippen molar-refractivity contribution in [1.29, 1.82) is 0 Å². The van der Waals surface area contributed by atoms with Gasteiger partial charge in [-0.25, -0.2) is 8.78 Å². The monoisotopic (exact) mass is 243 g/mol. The zero-order valence-electron chi connectivity index (χ0n) is 10.3. The van der Waals surface area contributed by atoms with Gasteiger partial charge in [0.2, 0.25) is 5.92 Å². The van der Waals surface area contributed by atoms with E-state index in [1.54, 1.807) is 4.90 Å². The Kier molecular flexibility index (Phi) is 4.87. The highest BCUT2D eigenvalue weighted by atomic mass is 19.3. The summed E-state index contributed by atoms with van der Waals surface area (Å²) in [7, 11) is 0. The molecule has 2 nitrogen and oxygen atoms in total. The van der Waals surface area contributed by atoms with Gasteiger partial charge in [-0.15, -0.1) is 0 Å². The van der Waals surface area contributed by atoms with Gasteiger partial charge in [-0.3, -0.25) is 0 Å². The minimum absolute atomic E-state index is 0.0385. The molecule has 17 heavy (non-hydrogen) atoms. The Labute approximate surface area is 101 Å². The molecule has 0 aliphatic rings. The van der Waals surface area contributed by atoms with Crippen LogP contribution < -0.4 is 4.90 Å². The van der Waals surface area contributed by atoms with E-state index in [2.05, 4.69) is 0 Å². The van der Waals surface area contributed by atoms with E-state index in [1.807, 2.05) is 31.2 Å². The summed E-state index contributed by atoms with van der Waals surface area (Å²) < 4.78 is 25.7. The fourth-order valence-electron chi connectivity index (χ4n) is 1.65. The van der Waals surface area contributed by atoms with Gasteiger partial charge in [-0.05, 0) is 31.5 Å². The van der Waals surface area contributed by atoms with E-state index in [-0.39, 0.29) is 19.6 Å². The predicted molar refractivity (Wildman–Crippen MR) is 65.7 cm³/mol. The SMILES string of the molecule is Cc1cccc(N(CCO)CCC(C)(F)F)c1. The molecule has 0 radical (unpaired) electrons. The van der Waals surface area contributed by atoms with Crippen LogP contribution in [0.4, 0.5) is 14.5 Å². The highest BCUT2D eigenvalue weighted by molar-refractivity contribution is 5.48. The number of aryl methyl sites for hydroxylation is 1. The Morgan fingerprint density at radius 2 is 2.00 bits per heavy atom. The molecule has 0 amide bonds. The van der Waals surface area contributed by atoms with Gasteiger partial charge >= 0.3 is 0 Å². The average Bonchev–Trinajstić information content (AvgIpc) is 2.23. The third kappa shape index (κ3) is 5.13. The molecule has 4 heteroatoms. The summed E-state index contributed by atoms with van der Waals surface area (Å²) in [6.07, 6.45) is -0.207. The van der Waals surface area contributed by atoms with E-state index in [9.17, 15) is 8.78 Å². The van der Waals surface area contributed by atoms with Gasteiger partial charge in [0.1, 0.15) is 0 Å². The first-order chi connectivity index (χ1) is 7.92. The van der Waals surface area contributed by atoms with Crippen LogP contribution in [0.2, 0.25) is 0 Å². The van der Waals surface area contributed by atoms with Crippen molar-refractivity contribution in [3.63, 3.8) is 0 Å². The molecule has 0 spiro atoms. The lowest BCUT2D eigenvalue weighted by Crippen LogP contribution is -2.31. The summed E-state index contributed by atoms with van der Waals surface area (Å²) in [6, 6.07) is 7.65. The Morgan fingerprint density at radius 3 is 2.53 bits per heavy atom. The normalized spacial score (nSPS) is 11.6. The number of aliphatic hydroxyl groups is 1. The smallest absolute Gasteiger partial charge is 0.247 e. The number of rotatable bonds is 6. The van der Waals surface area contributed by atoms with Crippen molar-refractivity contribution in [3.8, 4) is 0 Å². The van der Waals surface area contributed by atoms with Crippen LogP contribution >= 0.6 is 0 Å². The molecule has 0 heterocycles. The van der Waals surface area contributed by atoms with Crippen LogP contribution in [0.5, 0.6) is 0 Å². The summed E-state index contributed by atoms with van der Waals surface area (Å²) in [5, 5.41) is 8.97. The number of halogens is 2. The van der Waals surface area contributed by atoms with Gasteiger partial charge in [-0.2, -0.15) is 0 Å². The van der Waals surface area contributed by atoms with Gasteiger partial charge in [0.25, 0.3) is 0 Å². The first-order valence-corrected chi connectivity index (χ1v) is 5.73. The van der Waals surface area contributed by atoms with Crippen molar-refractivity contribution in [2.75, 3.05) is 24.6 Å². The van der Waals surface area contributed by atoms with Crippen LogP contribution in [0.15, 0.2) is 24.3 Å². The second-order valence-corrected chi connectivity index (χ2v) is 4.37. The van der Waals surface area contributed by atoms with Crippen molar-refractivity contribution in [2.24, 2.45) is 0 Å². The van der Waals surface area contributed by atoms with Gasteiger partial charge in [0.05, 0.1) is 6.61 Å². The summed E-state index contributed by atoms with van der Waals surface area (Å²) >= 11 is 0. The van der Waals surface area contributed by atoms with Gasteiger partial charge in [-0.1, -0.05) is 12.1 Å². The zero-order chi connectivity index (χ0) is 12.9. The molecule has 0 saturated heterocycles. The molecule has 0 bridgehead atoms. The number of hydrogen-bond acceptors (Lipinski definition) is 2. The third-order valence-corrected chi connectivity index (χ3v) is 2.56. The molecule has 0 aromatic heterocycles. The number of nitrogens with zero attached hydrogens (tertiary/aromatic N) is 1. The predicted octanol–water partition coefficient (Wildman–Crippen LogP) is 2.84. The Morgan fingerprint density at radius 1 is 1.29 bits per heavy atom. The maximum absolute atomic E-state index is 12.8. The Bertz CT molecular complexity index is 350. The van der Waals surface area contributed by atoms with Crippen LogP contribution in [0.25, 0.3) is 0 Å². The quantitative estimate of drug-likeness (QED) is 0.830. The highest BCUT2D eigenvalue weighted by Gasteiger charge is 2.22. The minimum atomic E-state index is -2.67. The molecule has 0 fully saturated rings. The van der Waals surface area contributed by atoms with Crippen molar-refractivity contribution in [2.45, 2.75) is 26.2 Å². The van der Waals surface area contributed by atoms with Crippen LogP contribution in [-0.2, 0) is 0 Å². The molecule has 0 saturated carbocycles. The number of alkyl halides is 2. The molecule has 96 valence electrons. The first-order valence-electron chi connectivity index (χ1n) is 5.73. The molecule has 1 N–H and O–H groups in total. The van der Waals surface area contributed by atoms with E-state index in [1.165, 1.54) is 0 Å². The number of hydrogen-bond donors (Lipinski definition) is 1. The molecule has 1 aromatic rings. The maximum atomic E-state index is 12.8. The van der Waals surface area contributed by atoms with E-state index in [4.69, 9.17) is 5.11 Å². The van der Waals surface area contributed by atoms with Gasteiger partial charge in [0, 0.05) is 25.2 Å². The molecule has 1 rings (SSSR count). The van der Waals surface area contributed by atoms with Crippen LogP contribution in [0.3, 0.4) is 0 Å². The standard InChI is InChI=1S/C13H19F2NO/c1-11-4-3-5-12(10-11)16(8-9-17)7-6-13(2,14)15/h3-5,10,17H,6-9H2,1-2H3. The second-order valence-electron chi connectivity index (χ2n) is 4.37. The van der Waals surface area contributed by atoms with Crippen LogP contribution in [0.1, 0.15) is 18.9 Å². The van der Waals surface area contributed by atoms with Gasteiger partial charge in [0.15, 0.2) is 0 Å². The number of anilines is 1. The molecule has 0 aliphatic carbocycles. The Balaban J connectivity index is 2.71. The van der Waals surface area contributed by atoms with Crippen LogP contribution in [0, 0.1) is 6.92 Å². The lowest BCUT2D eigenvalue weighted by molar-refractivity contribution is 0.0149. The molecule has 0 atom stereocenters. The average molecular weight is 243 g/mol. The van der Waals surface area contributed by atoms with Gasteiger partial charge < -0.3 is 10.0 Å². The fraction of sp³-hybridized carbons (Fsp3) is 0.538. The van der Waals surface area contributed by atoms with Crippen LogP contribution in [-0.4, -0.2) is 30.7 Å². The van der Waals surface area contributed by atoms with Crippen molar-refractivity contribution in [3.05, 3.63) is 29.8 Å².